The molecule has 1 amide bonds. The highest BCUT2D eigenvalue weighted by Gasteiger charge is 2.36. The van der Waals surface area contributed by atoms with E-state index in [0.717, 1.165) is 41.9 Å². The molecule has 154 valence electrons. The third-order valence-corrected chi connectivity index (χ3v) is 5.84. The van der Waals surface area contributed by atoms with E-state index < -0.39 is 5.97 Å². The maximum Gasteiger partial charge on any atom is 0.335 e. The lowest BCUT2D eigenvalue weighted by Gasteiger charge is -2.41. The summed E-state index contributed by atoms with van der Waals surface area (Å²) in [6.07, 6.45) is 1.19. The van der Waals surface area contributed by atoms with Crippen LogP contribution in [0.15, 0.2) is 42.5 Å². The van der Waals surface area contributed by atoms with Gasteiger partial charge in [-0.1, -0.05) is 38.1 Å². The number of rotatable bonds is 6. The number of nitrogens with one attached hydrogen (secondary N) is 1. The zero-order valence-electron chi connectivity index (χ0n) is 17.7. The van der Waals surface area contributed by atoms with Crippen LogP contribution < -0.4 is 5.32 Å². The fourth-order valence-electron chi connectivity index (χ4n) is 4.24. The van der Waals surface area contributed by atoms with Crippen LogP contribution >= 0.6 is 0 Å². The number of nitrogens with zero attached hydrogens (tertiary/aromatic N) is 1. The van der Waals surface area contributed by atoms with Gasteiger partial charge in [0.1, 0.15) is 0 Å². The monoisotopic (exact) mass is 394 g/mol. The van der Waals surface area contributed by atoms with Gasteiger partial charge in [-0.25, -0.2) is 4.79 Å². The first kappa shape index (κ1) is 20.9. The van der Waals surface area contributed by atoms with Crippen molar-refractivity contribution >= 4 is 17.6 Å². The maximum absolute atomic E-state index is 12.5. The number of anilines is 1. The first-order valence-electron chi connectivity index (χ1n) is 10.2. The van der Waals surface area contributed by atoms with Crippen LogP contribution in [0.2, 0.25) is 0 Å². The van der Waals surface area contributed by atoms with Crippen LogP contribution in [-0.2, 0) is 17.6 Å². The van der Waals surface area contributed by atoms with Crippen LogP contribution in [0.25, 0.3) is 0 Å². The number of benzene rings is 2. The molecule has 0 aliphatic carbocycles. The van der Waals surface area contributed by atoms with Gasteiger partial charge in [-0.3, -0.25) is 4.79 Å². The summed E-state index contributed by atoms with van der Waals surface area (Å²) in [5.74, 6) is -0.757. The number of carboxylic acid groups (broad SMARTS) is 1. The first-order chi connectivity index (χ1) is 13.7. The lowest BCUT2D eigenvalue weighted by atomic mass is 9.72. The molecule has 5 heteroatoms. The Bertz CT molecular complexity index is 916. The van der Waals surface area contributed by atoms with Gasteiger partial charge in [0.15, 0.2) is 0 Å². The second-order valence-corrected chi connectivity index (χ2v) is 8.41. The average molecular weight is 395 g/mol. The molecule has 0 radical (unpaired) electrons. The molecule has 1 aliphatic heterocycles. The zero-order valence-corrected chi connectivity index (χ0v) is 17.7. The number of fused-ring (bicyclic) bond motifs is 1. The Labute approximate surface area is 172 Å². The summed E-state index contributed by atoms with van der Waals surface area (Å²) in [7, 11) is 0. The van der Waals surface area contributed by atoms with Gasteiger partial charge in [0.25, 0.3) is 0 Å². The summed E-state index contributed by atoms with van der Waals surface area (Å²) in [4.78, 5) is 25.7. The Balaban J connectivity index is 1.87. The molecule has 2 aromatic carbocycles. The largest absolute Gasteiger partial charge is 0.478 e. The normalized spacial score (nSPS) is 17.2. The number of hydrogen-bond donors (Lipinski definition) is 2. The van der Waals surface area contributed by atoms with Crippen LogP contribution in [0.3, 0.4) is 0 Å². The average Bonchev–Trinajstić information content (AvgIpc) is 2.67. The molecule has 0 fully saturated rings. The van der Waals surface area contributed by atoms with Crippen molar-refractivity contribution in [1.82, 2.24) is 4.90 Å². The Morgan fingerprint density at radius 1 is 1.14 bits per heavy atom. The summed E-state index contributed by atoms with van der Waals surface area (Å²) in [6.45, 7) is 9.82. The van der Waals surface area contributed by atoms with E-state index in [1.807, 2.05) is 36.9 Å². The van der Waals surface area contributed by atoms with Gasteiger partial charge in [0.05, 0.1) is 18.0 Å². The van der Waals surface area contributed by atoms with Crippen molar-refractivity contribution in [3.8, 4) is 0 Å². The van der Waals surface area contributed by atoms with E-state index in [2.05, 4.69) is 31.3 Å². The van der Waals surface area contributed by atoms with E-state index in [1.54, 1.807) is 12.1 Å². The van der Waals surface area contributed by atoms with Crippen molar-refractivity contribution in [3.63, 3.8) is 0 Å². The molecule has 1 unspecified atom stereocenters. The van der Waals surface area contributed by atoms with Gasteiger partial charge in [-0.2, -0.15) is 0 Å². The predicted molar refractivity (Wildman–Crippen MR) is 115 cm³/mol. The first-order valence-corrected chi connectivity index (χ1v) is 10.2. The molecule has 2 N–H and O–H groups in total. The molecule has 0 aromatic heterocycles. The van der Waals surface area contributed by atoms with Crippen molar-refractivity contribution < 1.29 is 14.7 Å². The predicted octanol–water partition coefficient (Wildman–Crippen LogP) is 4.53. The minimum atomic E-state index is -0.904. The number of hydrogen-bond acceptors (Lipinski definition) is 3. The molecular weight excluding hydrogens is 364 g/mol. The Morgan fingerprint density at radius 2 is 1.86 bits per heavy atom. The number of aromatic carboxylic acids is 1. The summed E-state index contributed by atoms with van der Waals surface area (Å²) in [5, 5.41) is 12.9. The number of carbonyl (C=O) groups excluding carboxylic acids is 1. The third-order valence-electron chi connectivity index (χ3n) is 5.84. The lowest BCUT2D eigenvalue weighted by Crippen LogP contribution is -2.35. The van der Waals surface area contributed by atoms with Gasteiger partial charge in [-0.05, 0) is 60.6 Å². The standard InChI is InChI=1S/C24H30N2O3/c1-5-26(6-2)21(27)13-16-8-7-9-17(12-16)22-24(3,4)15-19-14-18(23(28)29)10-11-20(19)25-22/h7-12,14,22,25H,5-6,13,15H2,1-4H3,(H,28,29). The number of likely N-dealkylation sites (N-methyl/N-ethyl adjacent to an activating group) is 1. The van der Waals surface area contributed by atoms with Crippen LogP contribution in [0.1, 0.15) is 60.8 Å². The molecule has 0 saturated carbocycles. The van der Waals surface area contributed by atoms with Crippen LogP contribution in [-0.4, -0.2) is 35.0 Å². The minimum absolute atomic E-state index is 0.0779. The molecule has 1 aliphatic rings. The second kappa shape index (κ2) is 8.27. The van der Waals surface area contributed by atoms with E-state index in [4.69, 9.17) is 0 Å². The van der Waals surface area contributed by atoms with E-state index in [1.165, 1.54) is 0 Å². The molecular formula is C24H30N2O3. The van der Waals surface area contributed by atoms with Crippen molar-refractivity contribution in [2.45, 2.75) is 46.6 Å². The van der Waals surface area contributed by atoms with Gasteiger partial charge >= 0.3 is 5.97 Å². The minimum Gasteiger partial charge on any atom is -0.478 e. The van der Waals surface area contributed by atoms with Gasteiger partial charge in [-0.15, -0.1) is 0 Å². The molecule has 3 rings (SSSR count). The number of carbonyl (C=O) groups is 2. The molecule has 1 atom stereocenters. The van der Waals surface area contributed by atoms with E-state index in [9.17, 15) is 14.7 Å². The van der Waals surface area contributed by atoms with E-state index in [0.29, 0.717) is 12.0 Å². The van der Waals surface area contributed by atoms with Gasteiger partial charge < -0.3 is 15.3 Å². The smallest absolute Gasteiger partial charge is 0.335 e. The van der Waals surface area contributed by atoms with Gasteiger partial charge in [0.2, 0.25) is 5.91 Å². The van der Waals surface area contributed by atoms with Crippen LogP contribution in [0, 0.1) is 5.41 Å². The molecule has 5 nitrogen and oxygen atoms in total. The van der Waals surface area contributed by atoms with Crippen molar-refractivity contribution in [2.24, 2.45) is 5.41 Å². The maximum atomic E-state index is 12.5. The van der Waals surface area contributed by atoms with Crippen molar-refractivity contribution in [3.05, 3.63) is 64.7 Å². The van der Waals surface area contributed by atoms with E-state index >= 15 is 0 Å². The Morgan fingerprint density at radius 3 is 2.52 bits per heavy atom. The molecule has 29 heavy (non-hydrogen) atoms. The van der Waals surface area contributed by atoms with E-state index in [-0.39, 0.29) is 17.4 Å². The molecule has 2 aromatic rings. The van der Waals surface area contributed by atoms with Crippen LogP contribution in [0.4, 0.5) is 5.69 Å². The quantitative estimate of drug-likeness (QED) is 0.755. The van der Waals surface area contributed by atoms with Crippen molar-refractivity contribution in [2.75, 3.05) is 18.4 Å². The summed E-state index contributed by atoms with van der Waals surface area (Å²) >= 11 is 0. The highest BCUT2D eigenvalue weighted by molar-refractivity contribution is 5.88. The molecule has 0 saturated heterocycles. The Kier molecular flexibility index (Phi) is 5.96. The number of carboxylic acids is 1. The van der Waals surface area contributed by atoms with Crippen molar-refractivity contribution in [1.29, 1.82) is 0 Å². The fourth-order valence-corrected chi connectivity index (χ4v) is 4.24. The SMILES string of the molecule is CCN(CC)C(=O)Cc1cccc(C2Nc3ccc(C(=O)O)cc3CC2(C)C)c1. The van der Waals surface area contributed by atoms with Crippen LogP contribution in [0.5, 0.6) is 0 Å². The third kappa shape index (κ3) is 4.44. The summed E-state index contributed by atoms with van der Waals surface area (Å²) in [5.41, 5.74) is 4.38. The molecule has 0 spiro atoms. The molecule has 1 heterocycles. The zero-order chi connectivity index (χ0) is 21.2. The topological polar surface area (TPSA) is 69.6 Å². The second-order valence-electron chi connectivity index (χ2n) is 8.41. The highest BCUT2D eigenvalue weighted by Crippen LogP contribution is 2.45. The Hall–Kier alpha value is -2.82. The highest BCUT2D eigenvalue weighted by atomic mass is 16.4. The summed E-state index contributed by atoms with van der Waals surface area (Å²) < 4.78 is 0. The summed E-state index contributed by atoms with van der Waals surface area (Å²) in [6, 6.07) is 13.6. The number of amides is 1. The lowest BCUT2D eigenvalue weighted by molar-refractivity contribution is -0.130. The van der Waals surface area contributed by atoms with Gasteiger partial charge in [0, 0.05) is 18.8 Å². The fraction of sp³-hybridized carbons (Fsp3) is 0.417. The molecule has 0 bridgehead atoms.